The summed E-state index contributed by atoms with van der Waals surface area (Å²) in [7, 11) is 0. The molecule has 3 aromatic carbocycles. The van der Waals surface area contributed by atoms with Crippen molar-refractivity contribution in [2.45, 2.75) is 6.92 Å². The molecular weight excluding hydrogens is 304 g/mol. The summed E-state index contributed by atoms with van der Waals surface area (Å²) in [5, 5.41) is 0. The van der Waals surface area contributed by atoms with Crippen molar-refractivity contribution in [2.24, 2.45) is 0 Å². The molecule has 0 heterocycles. The van der Waals surface area contributed by atoms with Crippen LogP contribution in [0.4, 0.5) is 0 Å². The average molecular weight is 322 g/mol. The van der Waals surface area contributed by atoms with Crippen LogP contribution in [0, 0.1) is 0 Å². The van der Waals surface area contributed by atoms with Crippen LogP contribution in [-0.4, -0.2) is 6.29 Å². The van der Waals surface area contributed by atoms with Crippen molar-refractivity contribution in [1.29, 1.82) is 0 Å². The minimum Gasteiger partial charge on any atom is -0.298 e. The summed E-state index contributed by atoms with van der Waals surface area (Å²) in [6.07, 6.45) is 0.961. The molecule has 1 nitrogen and oxygen atoms in total. The lowest BCUT2D eigenvalue weighted by molar-refractivity contribution is -0.104. The van der Waals surface area contributed by atoms with E-state index in [1.54, 1.807) is 0 Å². The molecule has 25 heavy (non-hydrogen) atoms. The molecule has 0 atom stereocenters. The fraction of sp³-hybridized carbons (Fsp3) is 0.0417. The fourth-order valence-corrected chi connectivity index (χ4v) is 3.58. The SMILES string of the molecule is C/C(C=O)=C1/C(c2ccccc2)=C(c2ccccc2)c2ccccc21. The predicted molar refractivity (Wildman–Crippen MR) is 104 cm³/mol. The van der Waals surface area contributed by atoms with Gasteiger partial charge in [-0.25, -0.2) is 0 Å². The van der Waals surface area contributed by atoms with Gasteiger partial charge in [0.1, 0.15) is 6.29 Å². The maximum atomic E-state index is 11.6. The molecule has 0 radical (unpaired) electrons. The van der Waals surface area contributed by atoms with Gasteiger partial charge in [0.15, 0.2) is 0 Å². The molecule has 0 saturated carbocycles. The Morgan fingerprint density at radius 1 is 0.640 bits per heavy atom. The number of carbonyl (C=O) groups is 1. The van der Waals surface area contributed by atoms with E-state index in [0.29, 0.717) is 0 Å². The van der Waals surface area contributed by atoms with Crippen LogP contribution in [0.1, 0.15) is 29.2 Å². The van der Waals surface area contributed by atoms with E-state index in [0.717, 1.165) is 34.1 Å². The second-order valence-electron chi connectivity index (χ2n) is 6.20. The van der Waals surface area contributed by atoms with Crippen molar-refractivity contribution in [3.05, 3.63) is 113 Å². The zero-order chi connectivity index (χ0) is 17.2. The fourth-order valence-electron chi connectivity index (χ4n) is 3.58. The number of carbonyl (C=O) groups excluding carboxylic acids is 1. The second kappa shape index (κ2) is 6.37. The van der Waals surface area contributed by atoms with Gasteiger partial charge in [-0.15, -0.1) is 0 Å². The molecule has 0 fully saturated rings. The Kier molecular flexibility index (Phi) is 3.91. The molecule has 0 spiro atoms. The molecule has 0 unspecified atom stereocenters. The van der Waals surface area contributed by atoms with Crippen LogP contribution in [-0.2, 0) is 4.79 Å². The number of rotatable bonds is 3. The quantitative estimate of drug-likeness (QED) is 0.451. The van der Waals surface area contributed by atoms with Crippen molar-refractivity contribution in [1.82, 2.24) is 0 Å². The molecule has 120 valence electrons. The highest BCUT2D eigenvalue weighted by Gasteiger charge is 2.29. The van der Waals surface area contributed by atoms with E-state index in [1.165, 1.54) is 16.7 Å². The number of benzene rings is 3. The minimum atomic E-state index is 0.761. The third-order valence-electron chi connectivity index (χ3n) is 4.66. The zero-order valence-corrected chi connectivity index (χ0v) is 14.1. The molecule has 0 amide bonds. The molecule has 0 saturated heterocycles. The first-order valence-electron chi connectivity index (χ1n) is 8.42. The van der Waals surface area contributed by atoms with E-state index in [2.05, 4.69) is 54.6 Å². The minimum absolute atomic E-state index is 0.761. The van der Waals surface area contributed by atoms with E-state index < -0.39 is 0 Å². The van der Waals surface area contributed by atoms with E-state index in [1.807, 2.05) is 37.3 Å². The molecular formula is C24H18O. The molecule has 3 aromatic rings. The third kappa shape index (κ3) is 2.54. The first kappa shape index (κ1) is 15.3. The van der Waals surface area contributed by atoms with Crippen molar-refractivity contribution in [2.75, 3.05) is 0 Å². The first-order chi connectivity index (χ1) is 12.3. The van der Waals surface area contributed by atoms with E-state index >= 15 is 0 Å². The summed E-state index contributed by atoms with van der Waals surface area (Å²) in [4.78, 5) is 11.6. The van der Waals surface area contributed by atoms with Crippen LogP contribution in [0.5, 0.6) is 0 Å². The Balaban J connectivity index is 2.14. The largest absolute Gasteiger partial charge is 0.298 e. The van der Waals surface area contributed by atoms with Crippen LogP contribution in [0.2, 0.25) is 0 Å². The lowest BCUT2D eigenvalue weighted by Crippen LogP contribution is -1.92. The van der Waals surface area contributed by atoms with Crippen molar-refractivity contribution >= 4 is 23.0 Å². The van der Waals surface area contributed by atoms with Gasteiger partial charge in [0.05, 0.1) is 0 Å². The van der Waals surface area contributed by atoms with Crippen molar-refractivity contribution in [3.63, 3.8) is 0 Å². The van der Waals surface area contributed by atoms with Gasteiger partial charge in [-0.3, -0.25) is 4.79 Å². The maximum Gasteiger partial charge on any atom is 0.146 e. The molecule has 0 aliphatic heterocycles. The summed E-state index contributed by atoms with van der Waals surface area (Å²) in [5.74, 6) is 0. The van der Waals surface area contributed by atoms with Gasteiger partial charge in [0.25, 0.3) is 0 Å². The average Bonchev–Trinajstić information content (AvgIpc) is 3.04. The molecule has 0 aromatic heterocycles. The van der Waals surface area contributed by atoms with Crippen LogP contribution in [0.25, 0.3) is 16.7 Å². The van der Waals surface area contributed by atoms with Gasteiger partial charge >= 0.3 is 0 Å². The molecule has 4 rings (SSSR count). The van der Waals surface area contributed by atoms with E-state index in [4.69, 9.17) is 0 Å². The predicted octanol–water partition coefficient (Wildman–Crippen LogP) is 5.63. The van der Waals surface area contributed by atoms with Gasteiger partial charge in [-0.2, -0.15) is 0 Å². The van der Waals surface area contributed by atoms with Gasteiger partial charge < -0.3 is 0 Å². The van der Waals surface area contributed by atoms with Gasteiger partial charge in [0.2, 0.25) is 0 Å². The Morgan fingerprint density at radius 3 is 1.68 bits per heavy atom. The summed E-state index contributed by atoms with van der Waals surface area (Å²) >= 11 is 0. The summed E-state index contributed by atoms with van der Waals surface area (Å²) in [6, 6.07) is 29.1. The van der Waals surface area contributed by atoms with E-state index in [9.17, 15) is 4.79 Å². The summed E-state index contributed by atoms with van der Waals surface area (Å²) in [5.41, 5.74) is 8.74. The van der Waals surface area contributed by atoms with Gasteiger partial charge in [-0.1, -0.05) is 84.9 Å². The molecule has 0 N–H and O–H groups in total. The first-order valence-corrected chi connectivity index (χ1v) is 8.42. The van der Waals surface area contributed by atoms with Crippen molar-refractivity contribution in [3.8, 4) is 0 Å². The third-order valence-corrected chi connectivity index (χ3v) is 4.66. The summed E-state index contributed by atoms with van der Waals surface area (Å²) in [6.45, 7) is 1.90. The zero-order valence-electron chi connectivity index (χ0n) is 14.1. The highest BCUT2D eigenvalue weighted by molar-refractivity contribution is 6.26. The molecule has 1 heteroatoms. The maximum absolute atomic E-state index is 11.6. The smallest absolute Gasteiger partial charge is 0.146 e. The normalized spacial score (nSPS) is 15.1. The van der Waals surface area contributed by atoms with Crippen LogP contribution < -0.4 is 0 Å². The van der Waals surface area contributed by atoms with Gasteiger partial charge in [-0.05, 0) is 51.5 Å². The van der Waals surface area contributed by atoms with Crippen molar-refractivity contribution < 1.29 is 4.79 Å². The second-order valence-corrected chi connectivity index (χ2v) is 6.20. The standard InChI is InChI=1S/C24H18O/c1-17(16-25)22-20-14-8-9-15-21(20)23(18-10-4-2-5-11-18)24(22)19-12-6-3-7-13-19/h2-16H,1H3/b22-17-. The van der Waals surface area contributed by atoms with Gasteiger partial charge in [0, 0.05) is 0 Å². The topological polar surface area (TPSA) is 17.1 Å². The number of allylic oxidation sites excluding steroid dienone is 3. The number of hydrogen-bond acceptors (Lipinski definition) is 1. The Bertz CT molecular complexity index is 993. The molecule has 1 aliphatic rings. The highest BCUT2D eigenvalue weighted by Crippen LogP contribution is 2.49. The van der Waals surface area contributed by atoms with Crippen LogP contribution >= 0.6 is 0 Å². The van der Waals surface area contributed by atoms with E-state index in [-0.39, 0.29) is 0 Å². The molecule has 1 aliphatic carbocycles. The van der Waals surface area contributed by atoms with Crippen LogP contribution in [0.15, 0.2) is 90.5 Å². The summed E-state index contributed by atoms with van der Waals surface area (Å²) < 4.78 is 0. The van der Waals surface area contributed by atoms with Crippen LogP contribution in [0.3, 0.4) is 0 Å². The number of hydrogen-bond donors (Lipinski definition) is 0. The number of aldehydes is 1. The Hall–Kier alpha value is -3.19. The Labute approximate surface area is 148 Å². The lowest BCUT2D eigenvalue weighted by atomic mass is 9.91. The molecule has 0 bridgehead atoms. The lowest BCUT2D eigenvalue weighted by Gasteiger charge is -2.11. The monoisotopic (exact) mass is 322 g/mol. The Morgan fingerprint density at radius 2 is 1.12 bits per heavy atom. The highest BCUT2D eigenvalue weighted by atomic mass is 16.1. The number of fused-ring (bicyclic) bond motifs is 1.